The van der Waals surface area contributed by atoms with E-state index in [1.165, 1.54) is 18.4 Å². The fourth-order valence-corrected chi connectivity index (χ4v) is 3.69. The SMILES string of the molecule is C=C/C(=C\C)CCn1cc(-c2ccc(F)cc2)c(-c2ccc(S(C)(=O)=O)cc2)n1. The van der Waals surface area contributed by atoms with Crippen molar-refractivity contribution in [2.45, 2.75) is 24.8 Å². The Morgan fingerprint density at radius 2 is 1.72 bits per heavy atom. The Balaban J connectivity index is 2.03. The van der Waals surface area contributed by atoms with E-state index < -0.39 is 9.84 Å². The highest BCUT2D eigenvalue weighted by atomic mass is 32.2. The minimum atomic E-state index is -3.27. The van der Waals surface area contributed by atoms with Gasteiger partial charge in [0.25, 0.3) is 0 Å². The average molecular weight is 411 g/mol. The van der Waals surface area contributed by atoms with Crippen LogP contribution in [0.15, 0.2) is 83.9 Å². The first-order valence-corrected chi connectivity index (χ1v) is 11.1. The number of aromatic nitrogens is 2. The lowest BCUT2D eigenvalue weighted by Crippen LogP contribution is -2.00. The number of hydrogen-bond acceptors (Lipinski definition) is 3. The van der Waals surface area contributed by atoms with Crippen LogP contribution in [0, 0.1) is 5.82 Å². The molecule has 1 aromatic heterocycles. The van der Waals surface area contributed by atoms with Crippen LogP contribution in [0.25, 0.3) is 22.4 Å². The first-order valence-electron chi connectivity index (χ1n) is 9.23. The predicted octanol–water partition coefficient (Wildman–Crippen LogP) is 5.28. The Labute approximate surface area is 170 Å². The number of nitrogens with zero attached hydrogens (tertiary/aromatic N) is 2. The highest BCUT2D eigenvalue weighted by molar-refractivity contribution is 7.90. The molecular formula is C23H23FN2O2S. The number of sulfone groups is 1. The molecule has 2 aromatic carbocycles. The average Bonchev–Trinajstić information content (AvgIpc) is 3.13. The van der Waals surface area contributed by atoms with Gasteiger partial charge in [0.05, 0.1) is 4.90 Å². The molecule has 0 radical (unpaired) electrons. The van der Waals surface area contributed by atoms with Crippen molar-refractivity contribution in [3.8, 4) is 22.4 Å². The van der Waals surface area contributed by atoms with Crippen LogP contribution in [0.5, 0.6) is 0 Å². The van der Waals surface area contributed by atoms with Crippen molar-refractivity contribution in [3.63, 3.8) is 0 Å². The molecule has 3 aromatic rings. The molecule has 0 amide bonds. The van der Waals surface area contributed by atoms with Gasteiger partial charge in [0.2, 0.25) is 0 Å². The van der Waals surface area contributed by atoms with Crippen LogP contribution in [0.2, 0.25) is 0 Å². The third kappa shape index (κ3) is 4.90. The van der Waals surface area contributed by atoms with Gasteiger partial charge in [-0.15, -0.1) is 0 Å². The molecule has 6 heteroatoms. The molecule has 0 saturated heterocycles. The van der Waals surface area contributed by atoms with Gasteiger partial charge in [-0.25, -0.2) is 12.8 Å². The normalized spacial score (nSPS) is 12.2. The summed E-state index contributed by atoms with van der Waals surface area (Å²) in [6, 6.07) is 12.9. The Hall–Kier alpha value is -2.99. The zero-order chi connectivity index (χ0) is 21.0. The van der Waals surface area contributed by atoms with Crippen LogP contribution in [-0.2, 0) is 16.4 Å². The monoisotopic (exact) mass is 410 g/mol. The summed E-state index contributed by atoms with van der Waals surface area (Å²) in [6.45, 7) is 6.45. The van der Waals surface area contributed by atoms with Gasteiger partial charge in [-0.1, -0.05) is 48.6 Å². The Bertz CT molecular complexity index is 1140. The molecule has 0 fully saturated rings. The molecule has 3 rings (SSSR count). The fourth-order valence-electron chi connectivity index (χ4n) is 3.06. The van der Waals surface area contributed by atoms with Gasteiger partial charge in [-0.2, -0.15) is 5.10 Å². The van der Waals surface area contributed by atoms with Crippen LogP contribution < -0.4 is 0 Å². The Morgan fingerprint density at radius 1 is 1.10 bits per heavy atom. The van der Waals surface area contributed by atoms with E-state index in [1.807, 2.05) is 30.0 Å². The van der Waals surface area contributed by atoms with Gasteiger partial charge in [0.1, 0.15) is 11.5 Å². The van der Waals surface area contributed by atoms with Crippen molar-refractivity contribution >= 4 is 9.84 Å². The molecule has 29 heavy (non-hydrogen) atoms. The molecule has 0 aliphatic heterocycles. The van der Waals surface area contributed by atoms with E-state index in [2.05, 4.69) is 6.58 Å². The number of aryl methyl sites for hydroxylation is 1. The Morgan fingerprint density at radius 3 is 2.28 bits per heavy atom. The van der Waals surface area contributed by atoms with Crippen molar-refractivity contribution in [2.24, 2.45) is 0 Å². The molecule has 0 spiro atoms. The lowest BCUT2D eigenvalue weighted by molar-refractivity contribution is 0.602. The van der Waals surface area contributed by atoms with Crippen LogP contribution >= 0.6 is 0 Å². The van der Waals surface area contributed by atoms with Crippen molar-refractivity contribution in [1.82, 2.24) is 9.78 Å². The molecule has 0 saturated carbocycles. The smallest absolute Gasteiger partial charge is 0.175 e. The van der Waals surface area contributed by atoms with Crippen LogP contribution in [0.4, 0.5) is 4.39 Å². The summed E-state index contributed by atoms with van der Waals surface area (Å²) in [5.41, 5.74) is 4.35. The summed E-state index contributed by atoms with van der Waals surface area (Å²) in [6.07, 6.45) is 7.75. The number of hydrogen-bond donors (Lipinski definition) is 0. The third-order valence-electron chi connectivity index (χ3n) is 4.74. The number of allylic oxidation sites excluding steroid dienone is 3. The highest BCUT2D eigenvalue weighted by Gasteiger charge is 2.15. The van der Waals surface area contributed by atoms with Gasteiger partial charge < -0.3 is 0 Å². The van der Waals surface area contributed by atoms with Gasteiger partial charge in [0, 0.05) is 30.1 Å². The zero-order valence-electron chi connectivity index (χ0n) is 16.5. The maximum absolute atomic E-state index is 13.4. The van der Waals surface area contributed by atoms with E-state index in [1.54, 1.807) is 36.4 Å². The lowest BCUT2D eigenvalue weighted by atomic mass is 10.0. The Kier molecular flexibility index (Phi) is 6.13. The van der Waals surface area contributed by atoms with E-state index in [4.69, 9.17) is 5.10 Å². The van der Waals surface area contributed by atoms with Crippen molar-refractivity contribution < 1.29 is 12.8 Å². The minimum absolute atomic E-state index is 0.257. The second kappa shape index (κ2) is 8.57. The fraction of sp³-hybridized carbons (Fsp3) is 0.174. The minimum Gasteiger partial charge on any atom is -0.271 e. The van der Waals surface area contributed by atoms with Crippen molar-refractivity contribution in [2.75, 3.05) is 6.26 Å². The summed E-state index contributed by atoms with van der Waals surface area (Å²) in [5, 5.41) is 4.72. The second-order valence-corrected chi connectivity index (χ2v) is 8.79. The maximum Gasteiger partial charge on any atom is 0.175 e. The zero-order valence-corrected chi connectivity index (χ0v) is 17.3. The number of benzene rings is 2. The van der Waals surface area contributed by atoms with Crippen LogP contribution in [-0.4, -0.2) is 24.5 Å². The molecule has 0 aliphatic carbocycles. The standard InChI is InChI=1S/C23H23FN2O2S/c1-4-17(5-2)14-15-26-16-22(18-6-10-20(24)11-7-18)23(25-26)19-8-12-21(13-9-19)29(3,27)28/h4-13,16H,1,14-15H2,2-3H3/b17-5+. The summed E-state index contributed by atoms with van der Waals surface area (Å²) in [7, 11) is -3.27. The first-order chi connectivity index (χ1) is 13.8. The predicted molar refractivity (Wildman–Crippen MR) is 115 cm³/mol. The van der Waals surface area contributed by atoms with E-state index in [0.29, 0.717) is 6.54 Å². The van der Waals surface area contributed by atoms with E-state index in [0.717, 1.165) is 34.4 Å². The number of halogens is 1. The van der Waals surface area contributed by atoms with Crippen LogP contribution in [0.1, 0.15) is 13.3 Å². The highest BCUT2D eigenvalue weighted by Crippen LogP contribution is 2.32. The van der Waals surface area contributed by atoms with Gasteiger partial charge in [0.15, 0.2) is 9.84 Å². The third-order valence-corrected chi connectivity index (χ3v) is 5.86. The molecule has 0 N–H and O–H groups in total. The quantitative estimate of drug-likeness (QED) is 0.498. The van der Waals surface area contributed by atoms with Crippen LogP contribution in [0.3, 0.4) is 0 Å². The maximum atomic E-state index is 13.4. The number of rotatable bonds is 7. The van der Waals surface area contributed by atoms with Gasteiger partial charge in [-0.3, -0.25) is 4.68 Å². The molecule has 0 aliphatic rings. The summed E-state index contributed by atoms with van der Waals surface area (Å²) in [4.78, 5) is 0.257. The van der Waals surface area contributed by atoms with Gasteiger partial charge in [-0.05, 0) is 43.2 Å². The summed E-state index contributed by atoms with van der Waals surface area (Å²) >= 11 is 0. The molecule has 1 heterocycles. The van der Waals surface area contributed by atoms with Gasteiger partial charge >= 0.3 is 0 Å². The second-order valence-electron chi connectivity index (χ2n) is 6.78. The van der Waals surface area contributed by atoms with E-state index >= 15 is 0 Å². The molecule has 4 nitrogen and oxygen atoms in total. The van der Waals surface area contributed by atoms with E-state index in [9.17, 15) is 12.8 Å². The van der Waals surface area contributed by atoms with Crippen molar-refractivity contribution in [3.05, 3.63) is 84.8 Å². The molecule has 150 valence electrons. The lowest BCUT2D eigenvalue weighted by Gasteiger charge is -2.04. The topological polar surface area (TPSA) is 52.0 Å². The largest absolute Gasteiger partial charge is 0.271 e. The molecular weight excluding hydrogens is 387 g/mol. The first kappa shape index (κ1) is 20.7. The van der Waals surface area contributed by atoms with E-state index in [-0.39, 0.29) is 10.7 Å². The van der Waals surface area contributed by atoms with Crippen molar-refractivity contribution in [1.29, 1.82) is 0 Å². The molecule has 0 atom stereocenters. The summed E-state index contributed by atoms with van der Waals surface area (Å²) in [5.74, 6) is -0.302. The summed E-state index contributed by atoms with van der Waals surface area (Å²) < 4.78 is 38.7. The molecule has 0 unspecified atom stereocenters. The molecule has 0 bridgehead atoms.